The van der Waals surface area contributed by atoms with Crippen LogP contribution in [0.4, 0.5) is 0 Å². The van der Waals surface area contributed by atoms with Crippen LogP contribution >= 0.6 is 0 Å². The number of amides is 1. The first-order chi connectivity index (χ1) is 12.4. The molecular weight excluding hydrogens is 348 g/mol. The maximum atomic E-state index is 12.2. The summed E-state index contributed by atoms with van der Waals surface area (Å²) in [4.78, 5) is 39.4. The molecule has 1 saturated heterocycles. The van der Waals surface area contributed by atoms with E-state index in [1.54, 1.807) is 25.7 Å². The van der Waals surface area contributed by atoms with Crippen LogP contribution in [0.3, 0.4) is 0 Å². The third kappa shape index (κ3) is 9.56. The quantitative estimate of drug-likeness (QED) is 0.398. The molecule has 1 aliphatic rings. The fourth-order valence-corrected chi connectivity index (χ4v) is 2.34. The van der Waals surface area contributed by atoms with Gasteiger partial charge in [0.1, 0.15) is 0 Å². The summed E-state index contributed by atoms with van der Waals surface area (Å²) in [6, 6.07) is 0. The van der Waals surface area contributed by atoms with Crippen molar-refractivity contribution < 1.29 is 23.9 Å². The largest absolute Gasteiger partial charge is 0.427 e. The van der Waals surface area contributed by atoms with Crippen LogP contribution < -0.4 is 0 Å². The standard InChI is InChI=1S/C20H34N2O5/c1-19(2,3)9-10-21-11-13-22(14-12-21)16(23)7-8-17(24)26-15-27-18(25)20(4,5)6/h7-8H,9-15H2,1-6H3/b8-7+. The summed E-state index contributed by atoms with van der Waals surface area (Å²) in [7, 11) is 0. The van der Waals surface area contributed by atoms with Crippen LogP contribution in [0, 0.1) is 10.8 Å². The van der Waals surface area contributed by atoms with Crippen molar-refractivity contribution in [1.29, 1.82) is 0 Å². The van der Waals surface area contributed by atoms with Crippen LogP contribution in [-0.4, -0.2) is 67.2 Å². The summed E-state index contributed by atoms with van der Waals surface area (Å²) in [6.45, 7) is 15.3. The van der Waals surface area contributed by atoms with E-state index < -0.39 is 24.1 Å². The minimum absolute atomic E-state index is 0.214. The molecule has 0 unspecified atom stereocenters. The average Bonchev–Trinajstić information content (AvgIpc) is 2.56. The van der Waals surface area contributed by atoms with E-state index in [9.17, 15) is 14.4 Å². The Hall–Kier alpha value is -1.89. The normalized spacial score (nSPS) is 16.4. The predicted octanol–water partition coefficient (Wildman–Crippen LogP) is 2.21. The number of carbonyl (C=O) groups is 3. The summed E-state index contributed by atoms with van der Waals surface area (Å²) >= 11 is 0. The Labute approximate surface area is 162 Å². The third-order valence-electron chi connectivity index (χ3n) is 4.23. The molecule has 154 valence electrons. The molecule has 0 atom stereocenters. The SMILES string of the molecule is CC(C)(C)CCN1CCN(C(=O)/C=C/C(=O)OCOC(=O)C(C)(C)C)CC1. The van der Waals surface area contributed by atoms with Crippen LogP contribution in [-0.2, 0) is 23.9 Å². The van der Waals surface area contributed by atoms with Crippen LogP contribution in [0.2, 0.25) is 0 Å². The first-order valence-electron chi connectivity index (χ1n) is 9.42. The predicted molar refractivity (Wildman–Crippen MR) is 103 cm³/mol. The molecule has 0 radical (unpaired) electrons. The van der Waals surface area contributed by atoms with Gasteiger partial charge < -0.3 is 14.4 Å². The molecular formula is C20H34N2O5. The van der Waals surface area contributed by atoms with Crippen molar-refractivity contribution in [3.63, 3.8) is 0 Å². The molecule has 7 nitrogen and oxygen atoms in total. The van der Waals surface area contributed by atoms with E-state index in [0.29, 0.717) is 18.5 Å². The molecule has 0 aromatic carbocycles. The lowest BCUT2D eigenvalue weighted by Gasteiger charge is -2.35. The third-order valence-corrected chi connectivity index (χ3v) is 4.23. The number of rotatable bonds is 6. The second kappa shape index (κ2) is 9.88. The van der Waals surface area contributed by atoms with Crippen LogP contribution in [0.25, 0.3) is 0 Å². The highest BCUT2D eigenvalue weighted by atomic mass is 16.7. The van der Waals surface area contributed by atoms with Crippen molar-refractivity contribution >= 4 is 17.8 Å². The fraction of sp³-hybridized carbons (Fsp3) is 0.750. The molecule has 7 heteroatoms. The molecule has 1 heterocycles. The zero-order valence-electron chi connectivity index (χ0n) is 17.5. The van der Waals surface area contributed by atoms with Crippen molar-refractivity contribution in [3.8, 4) is 0 Å². The van der Waals surface area contributed by atoms with Gasteiger partial charge in [0.15, 0.2) is 0 Å². The van der Waals surface area contributed by atoms with Crippen molar-refractivity contribution in [2.24, 2.45) is 10.8 Å². The Bertz CT molecular complexity index is 550. The minimum atomic E-state index is -0.714. The first kappa shape index (κ1) is 23.1. The average molecular weight is 383 g/mol. The topological polar surface area (TPSA) is 76.2 Å². The molecule has 1 aliphatic heterocycles. The molecule has 0 spiro atoms. The van der Waals surface area contributed by atoms with Gasteiger partial charge in [-0.2, -0.15) is 0 Å². The summed E-state index contributed by atoms with van der Waals surface area (Å²) in [6.07, 6.45) is 3.39. The molecule has 0 saturated carbocycles. The maximum absolute atomic E-state index is 12.2. The van der Waals surface area contributed by atoms with Gasteiger partial charge in [-0.1, -0.05) is 20.8 Å². The van der Waals surface area contributed by atoms with E-state index in [4.69, 9.17) is 9.47 Å². The Kier molecular flexibility index (Phi) is 8.47. The second-order valence-corrected chi connectivity index (χ2v) is 9.07. The van der Waals surface area contributed by atoms with Gasteiger partial charge in [0.05, 0.1) is 5.41 Å². The van der Waals surface area contributed by atoms with Gasteiger partial charge in [0.2, 0.25) is 12.7 Å². The summed E-state index contributed by atoms with van der Waals surface area (Å²) in [5.74, 6) is -1.39. The van der Waals surface area contributed by atoms with E-state index in [-0.39, 0.29) is 5.91 Å². The lowest BCUT2D eigenvalue weighted by molar-refractivity contribution is -0.170. The Balaban J connectivity index is 2.29. The number of ether oxygens (including phenoxy) is 2. The van der Waals surface area contributed by atoms with Gasteiger partial charge in [-0.25, -0.2) is 4.79 Å². The molecule has 1 amide bonds. The maximum Gasteiger partial charge on any atom is 0.333 e. The molecule has 1 rings (SSSR count). The zero-order valence-corrected chi connectivity index (χ0v) is 17.5. The molecule has 1 fully saturated rings. The molecule has 0 N–H and O–H groups in total. The minimum Gasteiger partial charge on any atom is -0.427 e. The van der Waals surface area contributed by atoms with Gasteiger partial charge in [0, 0.05) is 38.3 Å². The van der Waals surface area contributed by atoms with E-state index in [0.717, 1.165) is 32.1 Å². The smallest absolute Gasteiger partial charge is 0.333 e. The Morgan fingerprint density at radius 3 is 2.00 bits per heavy atom. The van der Waals surface area contributed by atoms with Gasteiger partial charge >= 0.3 is 11.9 Å². The molecule has 27 heavy (non-hydrogen) atoms. The molecule has 0 aromatic heterocycles. The monoisotopic (exact) mass is 382 g/mol. The van der Waals surface area contributed by atoms with E-state index in [1.807, 2.05) is 0 Å². The van der Waals surface area contributed by atoms with E-state index in [2.05, 4.69) is 25.7 Å². The Morgan fingerprint density at radius 2 is 1.48 bits per heavy atom. The van der Waals surface area contributed by atoms with Crippen LogP contribution in [0.5, 0.6) is 0 Å². The van der Waals surface area contributed by atoms with E-state index in [1.165, 1.54) is 6.08 Å². The van der Waals surface area contributed by atoms with Gasteiger partial charge in [0.25, 0.3) is 0 Å². The van der Waals surface area contributed by atoms with Gasteiger partial charge in [-0.15, -0.1) is 0 Å². The van der Waals surface area contributed by atoms with Gasteiger partial charge in [-0.3, -0.25) is 14.5 Å². The summed E-state index contributed by atoms with van der Waals surface area (Å²) in [5, 5.41) is 0. The first-order valence-corrected chi connectivity index (χ1v) is 9.42. The highest BCUT2D eigenvalue weighted by Crippen LogP contribution is 2.19. The van der Waals surface area contributed by atoms with Crippen molar-refractivity contribution in [2.75, 3.05) is 39.5 Å². The van der Waals surface area contributed by atoms with Crippen LogP contribution in [0.15, 0.2) is 12.2 Å². The molecule has 0 aliphatic carbocycles. The van der Waals surface area contributed by atoms with Crippen molar-refractivity contribution in [2.45, 2.75) is 48.0 Å². The lowest BCUT2D eigenvalue weighted by Crippen LogP contribution is -2.48. The number of piperazine rings is 1. The highest BCUT2D eigenvalue weighted by Gasteiger charge is 2.23. The zero-order chi connectivity index (χ0) is 20.7. The van der Waals surface area contributed by atoms with E-state index >= 15 is 0 Å². The molecule has 0 aromatic rings. The lowest BCUT2D eigenvalue weighted by atomic mass is 9.92. The summed E-state index contributed by atoms with van der Waals surface area (Å²) < 4.78 is 9.62. The number of hydrogen-bond donors (Lipinski definition) is 0. The second-order valence-electron chi connectivity index (χ2n) is 9.07. The fourth-order valence-electron chi connectivity index (χ4n) is 2.34. The molecule has 0 bridgehead atoms. The number of nitrogens with zero attached hydrogens (tertiary/aromatic N) is 2. The number of hydrogen-bond acceptors (Lipinski definition) is 6. The van der Waals surface area contributed by atoms with Crippen molar-refractivity contribution in [3.05, 3.63) is 12.2 Å². The van der Waals surface area contributed by atoms with Crippen LogP contribution in [0.1, 0.15) is 48.0 Å². The Morgan fingerprint density at radius 1 is 0.889 bits per heavy atom. The number of carbonyl (C=O) groups excluding carboxylic acids is 3. The highest BCUT2D eigenvalue weighted by molar-refractivity contribution is 5.94. The van der Waals surface area contributed by atoms with Gasteiger partial charge in [-0.05, 0) is 39.2 Å². The van der Waals surface area contributed by atoms with Crippen molar-refractivity contribution in [1.82, 2.24) is 9.80 Å². The summed E-state index contributed by atoms with van der Waals surface area (Å²) in [5.41, 5.74) is -0.357. The number of esters is 2.